The molecule has 1 aromatic rings. The number of benzene rings is 1. The number of amides is 1. The van der Waals surface area contributed by atoms with Crippen LogP contribution in [-0.2, 0) is 20.4 Å². The molecule has 0 fully saturated rings. The average molecular weight is 305 g/mol. The minimum atomic E-state index is -4.42. The van der Waals surface area contributed by atoms with E-state index in [2.05, 4.69) is 5.32 Å². The molecule has 7 heteroatoms. The maximum atomic E-state index is 12.7. The normalized spacial score (nSPS) is 13.0. The number of ether oxygens (including phenoxy) is 2. The summed E-state index contributed by atoms with van der Waals surface area (Å²) in [6.07, 6.45) is -4.29. The lowest BCUT2D eigenvalue weighted by atomic mass is 10.0. The largest absolute Gasteiger partial charge is 0.416 e. The SMILES string of the molecule is COCCC(=O)NC(COC)c1cccc(C(F)(F)F)c1. The van der Waals surface area contributed by atoms with Gasteiger partial charge < -0.3 is 14.8 Å². The fourth-order valence-electron chi connectivity index (χ4n) is 1.78. The van der Waals surface area contributed by atoms with Crippen molar-refractivity contribution in [3.8, 4) is 0 Å². The highest BCUT2D eigenvalue weighted by Crippen LogP contribution is 2.30. The summed E-state index contributed by atoms with van der Waals surface area (Å²) >= 11 is 0. The number of alkyl halides is 3. The smallest absolute Gasteiger partial charge is 0.384 e. The molecular formula is C14H18F3NO3. The number of halogens is 3. The maximum absolute atomic E-state index is 12.7. The van der Waals surface area contributed by atoms with E-state index in [1.54, 1.807) is 0 Å². The van der Waals surface area contributed by atoms with E-state index in [1.807, 2.05) is 0 Å². The van der Waals surface area contributed by atoms with Crippen molar-refractivity contribution in [1.82, 2.24) is 5.32 Å². The van der Waals surface area contributed by atoms with E-state index in [9.17, 15) is 18.0 Å². The Morgan fingerprint density at radius 1 is 1.29 bits per heavy atom. The second kappa shape index (κ2) is 7.99. The zero-order chi connectivity index (χ0) is 15.9. The molecule has 1 rings (SSSR count). The van der Waals surface area contributed by atoms with E-state index < -0.39 is 17.8 Å². The van der Waals surface area contributed by atoms with Crippen LogP contribution in [0.25, 0.3) is 0 Å². The summed E-state index contributed by atoms with van der Waals surface area (Å²) in [7, 11) is 2.88. The molecule has 0 radical (unpaired) electrons. The first kappa shape index (κ1) is 17.5. The average Bonchev–Trinajstić information content (AvgIpc) is 2.44. The monoisotopic (exact) mass is 305 g/mol. The van der Waals surface area contributed by atoms with Gasteiger partial charge in [0.25, 0.3) is 0 Å². The summed E-state index contributed by atoms with van der Waals surface area (Å²) in [5, 5.41) is 2.64. The Labute approximate surface area is 121 Å². The van der Waals surface area contributed by atoms with Crippen molar-refractivity contribution in [3.05, 3.63) is 35.4 Å². The molecule has 118 valence electrons. The van der Waals surface area contributed by atoms with Crippen molar-refractivity contribution in [2.75, 3.05) is 27.4 Å². The van der Waals surface area contributed by atoms with Gasteiger partial charge in [0.15, 0.2) is 0 Å². The van der Waals surface area contributed by atoms with E-state index in [0.29, 0.717) is 5.56 Å². The molecule has 0 aliphatic carbocycles. The van der Waals surface area contributed by atoms with Crippen molar-refractivity contribution in [3.63, 3.8) is 0 Å². The topological polar surface area (TPSA) is 47.6 Å². The predicted octanol–water partition coefficient (Wildman–Crippen LogP) is 2.55. The Kier molecular flexibility index (Phi) is 6.64. The fourth-order valence-corrected chi connectivity index (χ4v) is 1.78. The molecule has 1 atom stereocenters. The van der Waals surface area contributed by atoms with Crippen LogP contribution in [0.4, 0.5) is 13.2 Å². The highest BCUT2D eigenvalue weighted by Gasteiger charge is 2.31. The quantitative estimate of drug-likeness (QED) is 0.842. The first-order valence-electron chi connectivity index (χ1n) is 6.33. The maximum Gasteiger partial charge on any atom is 0.416 e. The van der Waals surface area contributed by atoms with Gasteiger partial charge in [-0.25, -0.2) is 0 Å². The van der Waals surface area contributed by atoms with Crippen LogP contribution in [0.3, 0.4) is 0 Å². The Bertz CT molecular complexity index is 463. The number of carbonyl (C=O) groups excluding carboxylic acids is 1. The molecule has 1 aromatic carbocycles. The molecule has 0 bridgehead atoms. The summed E-state index contributed by atoms with van der Waals surface area (Å²) < 4.78 is 47.9. The van der Waals surface area contributed by atoms with Crippen LogP contribution in [0.1, 0.15) is 23.6 Å². The van der Waals surface area contributed by atoms with Crippen molar-refractivity contribution < 1.29 is 27.4 Å². The lowest BCUT2D eigenvalue weighted by Crippen LogP contribution is -2.32. The van der Waals surface area contributed by atoms with E-state index in [1.165, 1.54) is 26.4 Å². The Balaban J connectivity index is 2.87. The molecule has 0 aliphatic heterocycles. The fraction of sp³-hybridized carbons (Fsp3) is 0.500. The predicted molar refractivity (Wildman–Crippen MR) is 70.7 cm³/mol. The molecule has 1 N–H and O–H groups in total. The molecule has 0 aliphatic rings. The van der Waals surface area contributed by atoms with Gasteiger partial charge in [0.2, 0.25) is 5.91 Å². The van der Waals surface area contributed by atoms with Crippen LogP contribution in [0, 0.1) is 0 Å². The number of methoxy groups -OCH3 is 2. The van der Waals surface area contributed by atoms with Crippen LogP contribution in [0.2, 0.25) is 0 Å². The van der Waals surface area contributed by atoms with Gasteiger partial charge in [-0.15, -0.1) is 0 Å². The van der Waals surface area contributed by atoms with Gasteiger partial charge in [-0.3, -0.25) is 4.79 Å². The number of carbonyl (C=O) groups is 1. The standard InChI is InChI=1S/C14H18F3NO3/c1-20-7-6-13(19)18-12(9-21-2)10-4-3-5-11(8-10)14(15,16)17/h3-5,8,12H,6-7,9H2,1-2H3,(H,18,19). The summed E-state index contributed by atoms with van der Waals surface area (Å²) in [5.74, 6) is -0.309. The third-order valence-electron chi connectivity index (χ3n) is 2.82. The molecule has 0 aromatic heterocycles. The van der Waals surface area contributed by atoms with Crippen LogP contribution < -0.4 is 5.32 Å². The summed E-state index contributed by atoms with van der Waals surface area (Å²) in [6, 6.07) is 4.19. The molecular weight excluding hydrogens is 287 g/mol. The zero-order valence-corrected chi connectivity index (χ0v) is 11.9. The van der Waals surface area contributed by atoms with E-state index in [0.717, 1.165) is 12.1 Å². The minimum absolute atomic E-state index is 0.0834. The lowest BCUT2D eigenvalue weighted by Gasteiger charge is -2.19. The van der Waals surface area contributed by atoms with Gasteiger partial charge in [0.05, 0.1) is 24.8 Å². The minimum Gasteiger partial charge on any atom is -0.384 e. The molecule has 0 spiro atoms. The van der Waals surface area contributed by atoms with Gasteiger partial charge in [-0.1, -0.05) is 12.1 Å². The summed E-state index contributed by atoms with van der Waals surface area (Å²) in [6.45, 7) is 0.328. The molecule has 0 heterocycles. The lowest BCUT2D eigenvalue weighted by molar-refractivity contribution is -0.137. The van der Waals surface area contributed by atoms with Crippen molar-refractivity contribution in [2.45, 2.75) is 18.6 Å². The van der Waals surface area contributed by atoms with Crippen molar-refractivity contribution in [2.24, 2.45) is 0 Å². The Morgan fingerprint density at radius 3 is 2.57 bits per heavy atom. The van der Waals surface area contributed by atoms with Crippen LogP contribution >= 0.6 is 0 Å². The van der Waals surface area contributed by atoms with E-state index in [4.69, 9.17) is 9.47 Å². The van der Waals surface area contributed by atoms with Gasteiger partial charge in [0.1, 0.15) is 0 Å². The second-order valence-electron chi connectivity index (χ2n) is 4.44. The van der Waals surface area contributed by atoms with Crippen molar-refractivity contribution >= 4 is 5.91 Å². The zero-order valence-electron chi connectivity index (χ0n) is 11.9. The molecule has 4 nitrogen and oxygen atoms in total. The van der Waals surface area contributed by atoms with Gasteiger partial charge in [-0.05, 0) is 17.7 Å². The molecule has 1 amide bonds. The van der Waals surface area contributed by atoms with Crippen LogP contribution in [-0.4, -0.2) is 33.3 Å². The number of rotatable bonds is 7. The third-order valence-corrected chi connectivity index (χ3v) is 2.82. The van der Waals surface area contributed by atoms with E-state index in [-0.39, 0.29) is 25.5 Å². The van der Waals surface area contributed by atoms with Gasteiger partial charge in [-0.2, -0.15) is 13.2 Å². The molecule has 0 saturated carbocycles. The van der Waals surface area contributed by atoms with E-state index >= 15 is 0 Å². The molecule has 21 heavy (non-hydrogen) atoms. The Morgan fingerprint density at radius 2 is 2.00 bits per heavy atom. The highest BCUT2D eigenvalue weighted by atomic mass is 19.4. The van der Waals surface area contributed by atoms with Crippen molar-refractivity contribution in [1.29, 1.82) is 0 Å². The van der Waals surface area contributed by atoms with Crippen LogP contribution in [0.15, 0.2) is 24.3 Å². The van der Waals surface area contributed by atoms with Gasteiger partial charge in [0, 0.05) is 20.6 Å². The highest BCUT2D eigenvalue weighted by molar-refractivity contribution is 5.76. The van der Waals surface area contributed by atoms with Gasteiger partial charge >= 0.3 is 6.18 Å². The molecule has 1 unspecified atom stereocenters. The first-order chi connectivity index (χ1) is 9.88. The second-order valence-corrected chi connectivity index (χ2v) is 4.44. The summed E-state index contributed by atoms with van der Waals surface area (Å²) in [5.41, 5.74) is -0.412. The third kappa shape index (κ3) is 5.73. The number of nitrogens with one attached hydrogen (secondary N) is 1. The number of hydrogen-bond acceptors (Lipinski definition) is 3. The number of hydrogen-bond donors (Lipinski definition) is 1. The molecule has 0 saturated heterocycles. The van der Waals surface area contributed by atoms with Crippen LogP contribution in [0.5, 0.6) is 0 Å². The summed E-state index contributed by atoms with van der Waals surface area (Å²) in [4.78, 5) is 11.7. The first-order valence-corrected chi connectivity index (χ1v) is 6.33. The Hall–Kier alpha value is -1.60.